The summed E-state index contributed by atoms with van der Waals surface area (Å²) in [7, 11) is -0.628. The van der Waals surface area contributed by atoms with Gasteiger partial charge in [-0.2, -0.15) is 4.90 Å². The smallest absolute Gasteiger partial charge is 0.425 e. The van der Waals surface area contributed by atoms with Gasteiger partial charge in [0.05, 0.1) is 13.2 Å². The van der Waals surface area contributed by atoms with Crippen LogP contribution in [0.25, 0.3) is 10.8 Å². The molecule has 1 saturated heterocycles. The molecule has 0 radical (unpaired) electrons. The number of aromatic nitrogens is 1. The molecule has 5 rings (SSSR count). The number of nitrogens with one attached hydrogen (secondary N) is 1. The molecule has 16 heteroatoms. The van der Waals surface area contributed by atoms with Gasteiger partial charge in [0, 0.05) is 60.7 Å². The summed E-state index contributed by atoms with van der Waals surface area (Å²) in [5.41, 5.74) is 8.62. The van der Waals surface area contributed by atoms with Crippen LogP contribution in [0.5, 0.6) is 5.75 Å². The first kappa shape index (κ1) is 46.8. The standard InChI is InChI=1S/C45H60FN5O9Si/c1-26-18-29(12-14-33(26)27(2)23-52)38(49-32-13-15-34-28(20-32)16-17-48-40(34)51(42(54)55)43(56)59-44(3,4)5)41(53)50(9)22-30-19-31(47)21-35(46)39(30)58-36-24-57-25-37(36)60-61(10,11)45(6,7)8/h12-21,27,36-38,49,52H,22-25,47H2,1-11H3,(H,54,55)/t27-,36+,37+,38?/m0/s1. The van der Waals surface area contributed by atoms with Crippen molar-refractivity contribution in [1.29, 1.82) is 0 Å². The minimum Gasteiger partial charge on any atom is -0.482 e. The van der Waals surface area contributed by atoms with Gasteiger partial charge < -0.3 is 44.8 Å². The third-order valence-corrected chi connectivity index (χ3v) is 15.6. The number of carboxylic acid groups (broad SMARTS) is 1. The van der Waals surface area contributed by atoms with Gasteiger partial charge in [-0.25, -0.2) is 19.0 Å². The maximum Gasteiger partial charge on any atom is 0.425 e. The van der Waals surface area contributed by atoms with E-state index in [1.165, 1.54) is 17.2 Å². The lowest BCUT2D eigenvalue weighted by Gasteiger charge is -2.39. The molecule has 14 nitrogen and oxygen atoms in total. The van der Waals surface area contributed by atoms with E-state index in [1.54, 1.807) is 58.2 Å². The van der Waals surface area contributed by atoms with Crippen LogP contribution in [0.3, 0.4) is 0 Å². The fourth-order valence-electron chi connectivity index (χ4n) is 6.90. The van der Waals surface area contributed by atoms with Gasteiger partial charge in [0.2, 0.25) is 5.91 Å². The number of benzene rings is 3. The number of fused-ring (bicyclic) bond motifs is 1. The van der Waals surface area contributed by atoms with Crippen molar-refractivity contribution in [2.24, 2.45) is 0 Å². The molecule has 330 valence electrons. The monoisotopic (exact) mass is 861 g/mol. The third kappa shape index (κ3) is 11.0. The van der Waals surface area contributed by atoms with Gasteiger partial charge in [-0.3, -0.25) is 4.79 Å². The van der Waals surface area contributed by atoms with E-state index in [0.717, 1.165) is 11.1 Å². The number of likely N-dealkylation sites (N-methyl/N-ethyl adjacent to an activating group) is 1. The predicted octanol–water partition coefficient (Wildman–Crippen LogP) is 8.76. The van der Waals surface area contributed by atoms with Gasteiger partial charge in [-0.05, 0) is 98.2 Å². The second-order valence-corrected chi connectivity index (χ2v) is 23.0. The van der Waals surface area contributed by atoms with Crippen molar-refractivity contribution in [3.63, 3.8) is 0 Å². The van der Waals surface area contributed by atoms with Crippen molar-refractivity contribution in [3.8, 4) is 5.75 Å². The molecular weight excluding hydrogens is 802 g/mol. The average molecular weight is 862 g/mol. The Bertz CT molecular complexity index is 2260. The number of aliphatic hydroxyl groups excluding tert-OH is 1. The summed E-state index contributed by atoms with van der Waals surface area (Å²) in [6, 6.07) is 14.0. The lowest BCUT2D eigenvalue weighted by Crippen LogP contribution is -2.48. The summed E-state index contributed by atoms with van der Waals surface area (Å²) in [5, 5.41) is 24.1. The van der Waals surface area contributed by atoms with Crippen LogP contribution in [0.15, 0.2) is 60.8 Å². The molecule has 1 aliphatic rings. The number of imide groups is 1. The highest BCUT2D eigenvalue weighted by molar-refractivity contribution is 6.74. The predicted molar refractivity (Wildman–Crippen MR) is 236 cm³/mol. The SMILES string of the molecule is Cc1cc(C(Nc2ccc3c(N(C(=O)O)C(=O)OC(C)(C)C)nccc3c2)C(=O)N(C)Cc2cc(N)cc(F)c2O[C@@H]2COC[C@H]2O[Si](C)(C)C(C)(C)C)ccc1[C@@H](C)CO. The highest BCUT2D eigenvalue weighted by Gasteiger charge is 2.43. The van der Waals surface area contributed by atoms with Crippen molar-refractivity contribution in [2.45, 2.75) is 110 Å². The van der Waals surface area contributed by atoms with Gasteiger partial charge in [-0.15, -0.1) is 0 Å². The fraction of sp³-hybridized carbons (Fsp3) is 0.467. The highest BCUT2D eigenvalue weighted by Crippen LogP contribution is 2.39. The summed E-state index contributed by atoms with van der Waals surface area (Å²) in [4.78, 5) is 46.2. The number of carbonyl (C=O) groups is 3. The second kappa shape index (κ2) is 18.4. The fourth-order valence-corrected chi connectivity index (χ4v) is 8.23. The van der Waals surface area contributed by atoms with Crippen molar-refractivity contribution in [3.05, 3.63) is 88.9 Å². The van der Waals surface area contributed by atoms with Crippen molar-refractivity contribution in [2.75, 3.05) is 42.8 Å². The van der Waals surface area contributed by atoms with Gasteiger partial charge >= 0.3 is 12.2 Å². The number of halogens is 1. The van der Waals surface area contributed by atoms with Crippen LogP contribution in [0.2, 0.25) is 18.1 Å². The Balaban J connectivity index is 1.49. The first-order valence-corrected chi connectivity index (χ1v) is 23.2. The number of hydrogen-bond acceptors (Lipinski definition) is 11. The molecule has 0 aliphatic carbocycles. The number of nitrogen functional groups attached to an aromatic ring is 1. The molecule has 1 aliphatic heterocycles. The lowest BCUT2D eigenvalue weighted by molar-refractivity contribution is -0.131. The molecule has 5 N–H and O–H groups in total. The molecule has 2 heterocycles. The van der Waals surface area contributed by atoms with E-state index < -0.39 is 50.2 Å². The summed E-state index contributed by atoms with van der Waals surface area (Å²) in [5.74, 6) is -1.38. The zero-order valence-corrected chi connectivity index (χ0v) is 38.0. The number of pyridine rings is 1. The molecular formula is C45H60FN5O9Si. The van der Waals surface area contributed by atoms with Crippen molar-refractivity contribution in [1.82, 2.24) is 9.88 Å². The Hall–Kier alpha value is -5.29. The van der Waals surface area contributed by atoms with Gasteiger partial charge in [-0.1, -0.05) is 45.9 Å². The van der Waals surface area contributed by atoms with E-state index in [9.17, 15) is 24.6 Å². The van der Waals surface area contributed by atoms with Crippen molar-refractivity contribution >= 4 is 54.4 Å². The molecule has 1 aromatic heterocycles. The number of carbonyl (C=O) groups excluding carboxylic acids is 2. The number of hydrogen-bond donors (Lipinski definition) is 4. The maximum atomic E-state index is 15.8. The molecule has 4 aromatic rings. The normalized spacial score (nSPS) is 16.8. The van der Waals surface area contributed by atoms with Crippen LogP contribution in [-0.2, 0) is 25.2 Å². The van der Waals surface area contributed by atoms with Crippen LogP contribution in [-0.4, -0.2) is 91.2 Å². The van der Waals surface area contributed by atoms with E-state index in [2.05, 4.69) is 44.2 Å². The van der Waals surface area contributed by atoms with Crippen LogP contribution >= 0.6 is 0 Å². The van der Waals surface area contributed by atoms with E-state index in [0.29, 0.717) is 39.1 Å². The molecule has 4 atom stereocenters. The first-order valence-electron chi connectivity index (χ1n) is 20.3. The van der Waals surface area contributed by atoms with Gasteiger partial charge in [0.25, 0.3) is 0 Å². The summed E-state index contributed by atoms with van der Waals surface area (Å²) < 4.78 is 40.0. The highest BCUT2D eigenvalue weighted by atomic mass is 28.4. The van der Waals surface area contributed by atoms with Crippen LogP contribution < -0.4 is 20.7 Å². The quantitative estimate of drug-likeness (QED) is 0.0741. The number of aliphatic hydroxyl groups is 1. The molecule has 0 saturated carbocycles. The summed E-state index contributed by atoms with van der Waals surface area (Å²) in [6.45, 7) is 19.8. The van der Waals surface area contributed by atoms with Gasteiger partial charge in [0.1, 0.15) is 23.9 Å². The molecule has 61 heavy (non-hydrogen) atoms. The Morgan fingerprint density at radius 1 is 1.03 bits per heavy atom. The molecule has 3 aromatic carbocycles. The number of amides is 3. The van der Waals surface area contributed by atoms with Crippen LogP contribution in [0.1, 0.15) is 82.7 Å². The number of ether oxygens (including phenoxy) is 3. The first-order chi connectivity index (χ1) is 28.4. The number of aryl methyl sites for hydroxylation is 1. The molecule has 0 bridgehead atoms. The summed E-state index contributed by atoms with van der Waals surface area (Å²) >= 11 is 0. The number of rotatable bonds is 13. The zero-order valence-electron chi connectivity index (χ0n) is 37.0. The zero-order chi connectivity index (χ0) is 45.2. The topological polar surface area (TPSA) is 186 Å². The minimum absolute atomic E-state index is 0.0448. The summed E-state index contributed by atoms with van der Waals surface area (Å²) in [6.07, 6.45) is -2.30. The lowest BCUT2D eigenvalue weighted by atomic mass is 9.93. The number of nitrogens with two attached hydrogens (primary N) is 1. The van der Waals surface area contributed by atoms with E-state index in [-0.39, 0.29) is 53.9 Å². The Morgan fingerprint density at radius 3 is 2.34 bits per heavy atom. The molecule has 0 spiro atoms. The van der Waals surface area contributed by atoms with Crippen LogP contribution in [0.4, 0.5) is 31.2 Å². The van der Waals surface area contributed by atoms with E-state index in [1.807, 2.05) is 32.0 Å². The largest absolute Gasteiger partial charge is 0.482 e. The number of nitrogens with zero attached hydrogens (tertiary/aromatic N) is 3. The Kier molecular flexibility index (Phi) is 14.1. The Labute approximate surface area is 358 Å². The van der Waals surface area contributed by atoms with Crippen LogP contribution in [0, 0.1) is 12.7 Å². The molecule has 1 unspecified atom stereocenters. The number of anilines is 3. The average Bonchev–Trinajstić information content (AvgIpc) is 3.58. The van der Waals surface area contributed by atoms with E-state index in [4.69, 9.17) is 24.4 Å². The van der Waals surface area contributed by atoms with Crippen molar-refractivity contribution < 1.29 is 47.6 Å². The van der Waals surface area contributed by atoms with E-state index >= 15 is 4.39 Å². The third-order valence-electron chi connectivity index (χ3n) is 11.1. The Morgan fingerprint density at radius 2 is 1.72 bits per heavy atom. The molecule has 3 amide bonds. The maximum absolute atomic E-state index is 15.8. The second-order valence-electron chi connectivity index (χ2n) is 18.2. The molecule has 1 fully saturated rings. The van der Waals surface area contributed by atoms with Gasteiger partial charge in [0.15, 0.2) is 25.7 Å². The minimum atomic E-state index is -2.23.